The summed E-state index contributed by atoms with van der Waals surface area (Å²) < 4.78 is 10.6. The number of ether oxygens (including phenoxy) is 1. The van der Waals surface area contributed by atoms with Gasteiger partial charge >= 0.3 is 6.09 Å². The summed E-state index contributed by atoms with van der Waals surface area (Å²) in [5, 5.41) is 6.28. The van der Waals surface area contributed by atoms with E-state index in [2.05, 4.69) is 27.4 Å². The molecule has 1 fully saturated rings. The van der Waals surface area contributed by atoms with Gasteiger partial charge < -0.3 is 29.6 Å². The van der Waals surface area contributed by atoms with Gasteiger partial charge in [-0.15, -0.1) is 0 Å². The van der Waals surface area contributed by atoms with E-state index in [1.807, 2.05) is 20.8 Å². The first kappa shape index (κ1) is 23.6. The van der Waals surface area contributed by atoms with Crippen molar-refractivity contribution in [1.82, 2.24) is 20.4 Å². The van der Waals surface area contributed by atoms with E-state index in [9.17, 15) is 9.59 Å². The van der Waals surface area contributed by atoms with Crippen molar-refractivity contribution < 1.29 is 18.7 Å². The van der Waals surface area contributed by atoms with Crippen LogP contribution in [0.2, 0.25) is 0 Å². The summed E-state index contributed by atoms with van der Waals surface area (Å²) in [5.74, 6) is 1.03. The third kappa shape index (κ3) is 7.27. The zero-order valence-electron chi connectivity index (χ0n) is 18.7. The van der Waals surface area contributed by atoms with Gasteiger partial charge in [0.25, 0.3) is 5.91 Å². The van der Waals surface area contributed by atoms with Crippen molar-refractivity contribution in [1.29, 1.82) is 0 Å². The van der Waals surface area contributed by atoms with Crippen LogP contribution in [0, 0.1) is 0 Å². The molecule has 0 aliphatic carbocycles. The zero-order valence-corrected chi connectivity index (χ0v) is 18.7. The maximum absolute atomic E-state index is 12.4. The highest BCUT2D eigenvalue weighted by molar-refractivity contribution is 5.91. The molecule has 2 heterocycles. The monoisotopic (exact) mass is 421 g/mol. The molecule has 1 aromatic rings. The van der Waals surface area contributed by atoms with Gasteiger partial charge in [0.2, 0.25) is 0 Å². The number of nitrogens with zero attached hydrogens (tertiary/aromatic N) is 3. The highest BCUT2D eigenvalue weighted by Crippen LogP contribution is 2.10. The van der Waals surface area contributed by atoms with Crippen molar-refractivity contribution in [3.05, 3.63) is 24.2 Å². The Labute approximate surface area is 178 Å². The largest absolute Gasteiger partial charge is 0.459 e. The predicted molar refractivity (Wildman–Crippen MR) is 116 cm³/mol. The van der Waals surface area contributed by atoms with Crippen LogP contribution in [0.1, 0.15) is 51.1 Å². The molecule has 1 aliphatic rings. The first-order chi connectivity index (χ1) is 14.2. The molecule has 168 valence electrons. The fourth-order valence-corrected chi connectivity index (χ4v) is 3.27. The fourth-order valence-electron chi connectivity index (χ4n) is 3.27. The first-order valence-corrected chi connectivity index (χ1v) is 10.5. The van der Waals surface area contributed by atoms with Crippen molar-refractivity contribution in [2.24, 2.45) is 4.99 Å². The maximum atomic E-state index is 12.4. The average molecular weight is 422 g/mol. The Morgan fingerprint density at radius 3 is 2.43 bits per heavy atom. The van der Waals surface area contributed by atoms with E-state index in [-0.39, 0.29) is 11.9 Å². The third-order valence-electron chi connectivity index (χ3n) is 4.67. The van der Waals surface area contributed by atoms with Gasteiger partial charge in [0.1, 0.15) is 5.60 Å². The number of alkyl carbamates (subject to hydrolysis) is 1. The Morgan fingerprint density at radius 1 is 1.23 bits per heavy atom. The molecule has 0 saturated carbocycles. The van der Waals surface area contributed by atoms with Gasteiger partial charge in [0.05, 0.1) is 6.26 Å². The van der Waals surface area contributed by atoms with Crippen LogP contribution in [0.25, 0.3) is 0 Å². The van der Waals surface area contributed by atoms with Gasteiger partial charge in [-0.05, 0) is 39.3 Å². The van der Waals surface area contributed by atoms with Crippen LogP contribution in [0.5, 0.6) is 0 Å². The van der Waals surface area contributed by atoms with Gasteiger partial charge in [0, 0.05) is 45.8 Å². The van der Waals surface area contributed by atoms with Crippen LogP contribution in [0.4, 0.5) is 4.79 Å². The van der Waals surface area contributed by atoms with E-state index in [1.165, 1.54) is 6.26 Å². The summed E-state index contributed by atoms with van der Waals surface area (Å²) in [6.07, 6.45) is 2.86. The number of piperazine rings is 1. The van der Waals surface area contributed by atoms with Crippen LogP contribution < -0.4 is 10.6 Å². The van der Waals surface area contributed by atoms with E-state index in [0.29, 0.717) is 38.5 Å². The quantitative estimate of drug-likeness (QED) is 0.540. The second kappa shape index (κ2) is 10.9. The molecule has 1 aliphatic heterocycles. The molecule has 9 heteroatoms. The minimum atomic E-state index is -0.531. The molecule has 1 unspecified atom stereocenters. The normalized spacial score (nSPS) is 16.2. The molecule has 0 bridgehead atoms. The number of nitrogens with one attached hydrogen (secondary N) is 2. The maximum Gasteiger partial charge on any atom is 0.407 e. The summed E-state index contributed by atoms with van der Waals surface area (Å²) >= 11 is 0. The van der Waals surface area contributed by atoms with Gasteiger partial charge in [-0.2, -0.15) is 0 Å². The Bertz CT molecular complexity index is 703. The summed E-state index contributed by atoms with van der Waals surface area (Å²) in [6, 6.07) is 3.33. The molecule has 9 nitrogen and oxygen atoms in total. The minimum absolute atomic E-state index is 0.0663. The number of furan rings is 1. The molecule has 1 aromatic heterocycles. The van der Waals surface area contributed by atoms with Crippen LogP contribution in [-0.2, 0) is 4.74 Å². The van der Waals surface area contributed by atoms with Crippen LogP contribution in [-0.4, -0.2) is 79.2 Å². The van der Waals surface area contributed by atoms with Crippen molar-refractivity contribution >= 4 is 18.0 Å². The second-order valence-corrected chi connectivity index (χ2v) is 8.32. The number of hydrogen-bond donors (Lipinski definition) is 2. The van der Waals surface area contributed by atoms with Gasteiger partial charge in [-0.3, -0.25) is 9.79 Å². The van der Waals surface area contributed by atoms with E-state index in [1.54, 1.807) is 24.1 Å². The summed E-state index contributed by atoms with van der Waals surface area (Å²) in [6.45, 7) is 10.7. The lowest BCUT2D eigenvalue weighted by molar-refractivity contribution is 0.0502. The molecule has 2 rings (SSSR count). The van der Waals surface area contributed by atoms with Gasteiger partial charge in [0.15, 0.2) is 11.7 Å². The average Bonchev–Trinajstić information content (AvgIpc) is 3.21. The highest BCUT2D eigenvalue weighted by atomic mass is 16.6. The second-order valence-electron chi connectivity index (χ2n) is 8.32. The Kier molecular flexibility index (Phi) is 8.56. The lowest BCUT2D eigenvalue weighted by Gasteiger charge is -2.36. The molecule has 30 heavy (non-hydrogen) atoms. The molecule has 2 amide bonds. The summed E-state index contributed by atoms with van der Waals surface area (Å²) in [7, 11) is 1.73. The van der Waals surface area contributed by atoms with Crippen LogP contribution >= 0.6 is 0 Å². The van der Waals surface area contributed by atoms with Crippen molar-refractivity contribution in [2.75, 3.05) is 39.8 Å². The van der Waals surface area contributed by atoms with Crippen LogP contribution in [0.3, 0.4) is 0 Å². The first-order valence-electron chi connectivity index (χ1n) is 10.5. The van der Waals surface area contributed by atoms with Gasteiger partial charge in [-0.1, -0.05) is 13.3 Å². The Balaban J connectivity index is 1.84. The number of aliphatic imine (C=N–C) groups is 1. The molecule has 1 atom stereocenters. The smallest absolute Gasteiger partial charge is 0.407 e. The molecular weight excluding hydrogens is 386 g/mol. The van der Waals surface area contributed by atoms with E-state index in [0.717, 1.165) is 18.8 Å². The molecular formula is C21H35N5O4. The number of amides is 2. The minimum Gasteiger partial charge on any atom is -0.459 e. The molecule has 1 saturated heterocycles. The number of rotatable bonds is 6. The van der Waals surface area contributed by atoms with Crippen molar-refractivity contribution in [3.8, 4) is 0 Å². The number of guanidine groups is 1. The van der Waals surface area contributed by atoms with Gasteiger partial charge in [-0.25, -0.2) is 4.79 Å². The molecule has 0 aromatic carbocycles. The SMILES string of the molecule is CCCC(CNC(=NC)N1CCN(C(=O)c2ccco2)CC1)NC(=O)OC(C)(C)C. The molecule has 0 spiro atoms. The third-order valence-corrected chi connectivity index (χ3v) is 4.67. The lowest BCUT2D eigenvalue weighted by atomic mass is 10.1. The van der Waals surface area contributed by atoms with E-state index < -0.39 is 11.7 Å². The standard InChI is InChI=1S/C21H35N5O4/c1-6-8-16(24-20(28)30-21(2,3)4)15-23-19(22-5)26-12-10-25(11-13-26)18(27)17-9-7-14-29-17/h7,9,14,16H,6,8,10-13,15H2,1-5H3,(H,22,23)(H,24,28). The zero-order chi connectivity index (χ0) is 22.1. The van der Waals surface area contributed by atoms with E-state index >= 15 is 0 Å². The highest BCUT2D eigenvalue weighted by Gasteiger charge is 2.26. The molecule has 0 radical (unpaired) electrons. The van der Waals surface area contributed by atoms with Crippen LogP contribution in [0.15, 0.2) is 27.8 Å². The number of hydrogen-bond acceptors (Lipinski definition) is 5. The van der Waals surface area contributed by atoms with Crippen molar-refractivity contribution in [2.45, 2.75) is 52.2 Å². The summed E-state index contributed by atoms with van der Waals surface area (Å²) in [4.78, 5) is 32.8. The van der Waals surface area contributed by atoms with E-state index in [4.69, 9.17) is 9.15 Å². The lowest BCUT2D eigenvalue weighted by Crippen LogP contribution is -2.55. The van der Waals surface area contributed by atoms with Crippen molar-refractivity contribution in [3.63, 3.8) is 0 Å². The number of carbonyl (C=O) groups is 2. The Morgan fingerprint density at radius 2 is 1.90 bits per heavy atom. The topological polar surface area (TPSA) is 99.4 Å². The predicted octanol–water partition coefficient (Wildman–Crippen LogP) is 2.31. The molecule has 2 N–H and O–H groups in total. The number of carbonyl (C=O) groups excluding carboxylic acids is 2. The fraction of sp³-hybridized carbons (Fsp3) is 0.667. The summed E-state index contributed by atoms with van der Waals surface area (Å²) in [5.41, 5.74) is -0.531. The Hall–Kier alpha value is -2.71.